The van der Waals surface area contributed by atoms with Gasteiger partial charge in [-0.1, -0.05) is 74.7 Å². The fourth-order valence-electron chi connectivity index (χ4n) is 7.60. The Balaban J connectivity index is 1.53. The molecule has 4 rings (SSSR count). The van der Waals surface area contributed by atoms with Gasteiger partial charge in [0.15, 0.2) is 0 Å². The van der Waals surface area contributed by atoms with E-state index in [-0.39, 0.29) is 29.1 Å². The number of carbonyl (C=O) groups is 6. The first-order valence-electron chi connectivity index (χ1n) is 17.1. The van der Waals surface area contributed by atoms with E-state index in [1.807, 2.05) is 41.5 Å². The van der Waals surface area contributed by atoms with Crippen LogP contribution in [0, 0.1) is 34.0 Å². The molecule has 4 fully saturated rings. The summed E-state index contributed by atoms with van der Waals surface area (Å²) in [4.78, 5) is 83.2. The van der Waals surface area contributed by atoms with Crippen LogP contribution in [0.5, 0.6) is 0 Å². The van der Waals surface area contributed by atoms with E-state index >= 15 is 0 Å². The Morgan fingerprint density at radius 3 is 1.83 bits per heavy atom. The molecule has 2 aliphatic carbocycles. The van der Waals surface area contributed by atoms with Crippen LogP contribution in [0.15, 0.2) is 0 Å². The SMILES string of the molecule is CC(C)(C)[C@H](NC(=O)N[C@H](C(=O)N1C[C@H]2[C@@H]([C@H]1C(=O)NC(CC1CCC1)C(=O)C(N)=O)C2(C)C)C(C)(C)C)C(=O)N1CCCCC1. The van der Waals surface area contributed by atoms with Crippen molar-refractivity contribution in [2.75, 3.05) is 19.6 Å². The number of primary amides is 1. The maximum Gasteiger partial charge on any atom is 0.316 e. The third-order valence-electron chi connectivity index (χ3n) is 10.9. The number of hydrogen-bond acceptors (Lipinski definition) is 6. The van der Waals surface area contributed by atoms with Crippen molar-refractivity contribution in [3.63, 3.8) is 0 Å². The van der Waals surface area contributed by atoms with Crippen LogP contribution in [0.4, 0.5) is 4.79 Å². The highest BCUT2D eigenvalue weighted by molar-refractivity contribution is 6.37. The number of hydrogen-bond donors (Lipinski definition) is 4. The molecular weight excluding hydrogens is 588 g/mol. The van der Waals surface area contributed by atoms with Gasteiger partial charge in [0, 0.05) is 19.6 Å². The topological polar surface area (TPSA) is 171 Å². The number of carbonyl (C=O) groups excluding carboxylic acids is 6. The number of piperidine rings is 2. The summed E-state index contributed by atoms with van der Waals surface area (Å²) in [5.74, 6) is -2.78. The maximum atomic E-state index is 14.3. The number of rotatable bonds is 10. The number of ketones is 1. The molecule has 258 valence electrons. The molecule has 2 saturated heterocycles. The van der Waals surface area contributed by atoms with Gasteiger partial charge >= 0.3 is 6.03 Å². The molecule has 0 aromatic rings. The average molecular weight is 645 g/mol. The van der Waals surface area contributed by atoms with Crippen molar-refractivity contribution >= 4 is 35.4 Å². The van der Waals surface area contributed by atoms with E-state index in [1.165, 1.54) is 4.90 Å². The van der Waals surface area contributed by atoms with Crippen molar-refractivity contribution in [3.05, 3.63) is 0 Å². The number of likely N-dealkylation sites (tertiary alicyclic amines) is 2. The van der Waals surface area contributed by atoms with Crippen LogP contribution in [0.2, 0.25) is 0 Å². The Hall–Kier alpha value is -3.18. The molecule has 0 aromatic carbocycles. The number of fused-ring (bicyclic) bond motifs is 1. The molecule has 0 bridgehead atoms. The van der Waals surface area contributed by atoms with Crippen LogP contribution in [-0.4, -0.2) is 89.0 Å². The first kappa shape index (κ1) is 35.7. The highest BCUT2D eigenvalue weighted by Gasteiger charge is 2.70. The summed E-state index contributed by atoms with van der Waals surface area (Å²) in [6.07, 6.45) is 6.15. The molecule has 2 aliphatic heterocycles. The van der Waals surface area contributed by atoms with Crippen molar-refractivity contribution < 1.29 is 28.8 Å². The average Bonchev–Trinajstić information content (AvgIpc) is 3.26. The van der Waals surface area contributed by atoms with Crippen molar-refractivity contribution in [1.82, 2.24) is 25.8 Å². The summed E-state index contributed by atoms with van der Waals surface area (Å²) in [6.45, 7) is 17.0. The summed E-state index contributed by atoms with van der Waals surface area (Å²) < 4.78 is 0. The van der Waals surface area contributed by atoms with Gasteiger partial charge in [-0.2, -0.15) is 0 Å². The second-order valence-electron chi connectivity index (χ2n) is 16.8. The van der Waals surface area contributed by atoms with Gasteiger partial charge in [-0.3, -0.25) is 24.0 Å². The molecule has 12 nitrogen and oxygen atoms in total. The number of nitrogens with two attached hydrogens (primary N) is 1. The van der Waals surface area contributed by atoms with Gasteiger partial charge in [-0.05, 0) is 59.7 Å². The summed E-state index contributed by atoms with van der Waals surface area (Å²) in [5, 5.41) is 8.53. The van der Waals surface area contributed by atoms with Gasteiger partial charge in [0.25, 0.3) is 5.91 Å². The zero-order valence-electron chi connectivity index (χ0n) is 29.0. The van der Waals surface area contributed by atoms with Crippen molar-refractivity contribution in [3.8, 4) is 0 Å². The minimum absolute atomic E-state index is 0.0750. The summed E-state index contributed by atoms with van der Waals surface area (Å²) in [7, 11) is 0. The molecule has 6 amide bonds. The molecule has 0 aromatic heterocycles. The lowest BCUT2D eigenvalue weighted by Gasteiger charge is -2.39. The Bertz CT molecular complexity index is 1230. The minimum atomic E-state index is -1.09. The van der Waals surface area contributed by atoms with Gasteiger partial charge in [0.1, 0.15) is 18.1 Å². The molecule has 0 spiro atoms. The van der Waals surface area contributed by atoms with E-state index in [2.05, 4.69) is 29.8 Å². The molecule has 1 unspecified atom stereocenters. The summed E-state index contributed by atoms with van der Waals surface area (Å²) in [6, 6.07) is -4.34. The summed E-state index contributed by atoms with van der Waals surface area (Å²) in [5.41, 5.74) is 3.84. The lowest BCUT2D eigenvalue weighted by molar-refractivity contribution is -0.145. The van der Waals surface area contributed by atoms with Gasteiger partial charge < -0.3 is 31.5 Å². The molecule has 46 heavy (non-hydrogen) atoms. The number of nitrogens with one attached hydrogen (secondary N) is 3. The van der Waals surface area contributed by atoms with Crippen LogP contribution in [0.3, 0.4) is 0 Å². The van der Waals surface area contributed by atoms with Crippen LogP contribution in [-0.2, 0) is 24.0 Å². The molecule has 12 heteroatoms. The van der Waals surface area contributed by atoms with Crippen molar-refractivity contribution in [2.24, 2.45) is 39.7 Å². The first-order chi connectivity index (χ1) is 21.2. The van der Waals surface area contributed by atoms with Crippen molar-refractivity contribution in [2.45, 2.75) is 125 Å². The fraction of sp³-hybridized carbons (Fsp3) is 0.824. The van der Waals surface area contributed by atoms with Crippen LogP contribution >= 0.6 is 0 Å². The zero-order valence-corrected chi connectivity index (χ0v) is 29.0. The largest absolute Gasteiger partial charge is 0.363 e. The Morgan fingerprint density at radius 2 is 1.35 bits per heavy atom. The highest BCUT2D eigenvalue weighted by atomic mass is 16.2. The van der Waals surface area contributed by atoms with Crippen LogP contribution in [0.25, 0.3) is 0 Å². The highest BCUT2D eigenvalue weighted by Crippen LogP contribution is 2.65. The van der Waals surface area contributed by atoms with Gasteiger partial charge in [-0.25, -0.2) is 4.79 Å². The summed E-state index contributed by atoms with van der Waals surface area (Å²) >= 11 is 0. The van der Waals surface area contributed by atoms with Gasteiger partial charge in [-0.15, -0.1) is 0 Å². The lowest BCUT2D eigenvalue weighted by Crippen LogP contribution is -2.63. The lowest BCUT2D eigenvalue weighted by atomic mass is 9.80. The molecule has 4 aliphatic rings. The third kappa shape index (κ3) is 7.51. The van der Waals surface area contributed by atoms with Gasteiger partial charge in [0.2, 0.25) is 23.5 Å². The third-order valence-corrected chi connectivity index (χ3v) is 10.9. The molecule has 6 atom stereocenters. The molecule has 2 saturated carbocycles. The number of nitrogens with zero attached hydrogens (tertiary/aromatic N) is 2. The molecule has 5 N–H and O–H groups in total. The zero-order chi connectivity index (χ0) is 34.4. The second-order valence-corrected chi connectivity index (χ2v) is 16.8. The predicted octanol–water partition coefficient (Wildman–Crippen LogP) is 2.34. The monoisotopic (exact) mass is 644 g/mol. The van der Waals surface area contributed by atoms with E-state index in [1.54, 1.807) is 4.90 Å². The number of urea groups is 1. The molecular formula is C34H56N6O6. The standard InChI is InChI=1S/C34H56N6O6/c1-32(2,3)25(29(44)39-15-10-9-11-16-39)37-31(46)38-26(33(4,5)6)30(45)40-18-20-22(34(20,7)8)23(40)28(43)36-21(24(41)27(35)42)17-19-13-12-14-19/h19-23,25-26H,9-18H2,1-8H3,(H2,35,42)(H,36,43)(H2,37,38,46)/t20-,21?,22-,23-,25+,26+/m0/s1. The van der Waals surface area contributed by atoms with Crippen molar-refractivity contribution in [1.29, 1.82) is 0 Å². The van der Waals surface area contributed by atoms with Gasteiger partial charge in [0.05, 0.1) is 6.04 Å². The molecule has 0 radical (unpaired) electrons. The Labute approximate surface area is 273 Å². The first-order valence-corrected chi connectivity index (χ1v) is 17.1. The Kier molecular flexibility index (Phi) is 10.2. The van der Waals surface area contributed by atoms with E-state index < -0.39 is 64.5 Å². The Morgan fingerprint density at radius 1 is 0.804 bits per heavy atom. The quantitative estimate of drug-likeness (QED) is 0.266. The van der Waals surface area contributed by atoms with E-state index in [4.69, 9.17) is 5.73 Å². The fourth-order valence-corrected chi connectivity index (χ4v) is 7.60. The number of amides is 6. The second kappa shape index (κ2) is 13.1. The maximum absolute atomic E-state index is 14.3. The van der Waals surface area contributed by atoms with Crippen LogP contribution < -0.4 is 21.7 Å². The smallest absolute Gasteiger partial charge is 0.316 e. The predicted molar refractivity (Wildman–Crippen MR) is 173 cm³/mol. The minimum Gasteiger partial charge on any atom is -0.363 e. The number of Topliss-reactive ketones (excluding diaryl/α,β-unsaturated/α-hetero) is 1. The van der Waals surface area contributed by atoms with E-state index in [0.717, 1.165) is 38.5 Å². The van der Waals surface area contributed by atoms with E-state index in [0.29, 0.717) is 26.1 Å². The normalized spacial score (nSPS) is 26.1. The van der Waals surface area contributed by atoms with Crippen LogP contribution in [0.1, 0.15) is 100 Å². The van der Waals surface area contributed by atoms with E-state index in [9.17, 15) is 28.8 Å². The molecule has 2 heterocycles.